The Balaban J connectivity index is 2.84. The number of aliphatic imine (C=N–C) groups is 1. The molecule has 0 aliphatic carbocycles. The van der Waals surface area contributed by atoms with Crippen molar-refractivity contribution >= 4 is 6.21 Å². The molecule has 0 saturated carbocycles. The number of benzene rings is 1. The molecular weight excluding hydrogens is 178 g/mol. The van der Waals surface area contributed by atoms with Gasteiger partial charge in [0.15, 0.2) is 5.72 Å². The molecule has 1 aromatic rings. The van der Waals surface area contributed by atoms with Gasteiger partial charge in [-0.25, -0.2) is 0 Å². The minimum Gasteiger partial charge on any atom is -0.507 e. The summed E-state index contributed by atoms with van der Waals surface area (Å²) in [6.07, 6.45) is 2.02. The smallest absolute Gasteiger partial charge is 0.152 e. The second-order valence-electron chi connectivity index (χ2n) is 3.39. The van der Waals surface area contributed by atoms with Gasteiger partial charge in [-0.1, -0.05) is 19.1 Å². The maximum Gasteiger partial charge on any atom is 0.152 e. The molecular formula is C11H15NO2. The highest BCUT2D eigenvalue weighted by Gasteiger charge is 2.13. The summed E-state index contributed by atoms with van der Waals surface area (Å²) in [6, 6.07) is 6.87. The van der Waals surface area contributed by atoms with Crippen LogP contribution in [0.15, 0.2) is 29.3 Å². The fourth-order valence-electron chi connectivity index (χ4n) is 0.897. The predicted octanol–water partition coefficient (Wildman–Crippen LogP) is 1.93. The van der Waals surface area contributed by atoms with Gasteiger partial charge in [-0.15, -0.1) is 0 Å². The van der Waals surface area contributed by atoms with Crippen molar-refractivity contribution in [3.63, 3.8) is 0 Å². The lowest BCUT2D eigenvalue weighted by Crippen LogP contribution is -2.19. The Morgan fingerprint density at radius 3 is 2.64 bits per heavy atom. The van der Waals surface area contributed by atoms with Crippen molar-refractivity contribution in [2.45, 2.75) is 26.0 Å². The molecule has 0 aromatic heterocycles. The van der Waals surface area contributed by atoms with Gasteiger partial charge in [-0.05, 0) is 25.5 Å². The molecule has 1 unspecified atom stereocenters. The van der Waals surface area contributed by atoms with Crippen LogP contribution in [-0.4, -0.2) is 22.2 Å². The lowest BCUT2D eigenvalue weighted by molar-refractivity contribution is 0.0666. The summed E-state index contributed by atoms with van der Waals surface area (Å²) >= 11 is 0. The maximum atomic E-state index is 9.60. The minimum absolute atomic E-state index is 0.170. The number of aliphatic hydroxyl groups is 1. The number of nitrogens with zero attached hydrogens (tertiary/aromatic N) is 1. The Morgan fingerprint density at radius 2 is 2.07 bits per heavy atom. The number of phenolic OH excluding ortho intramolecular Hbond substituents is 1. The zero-order valence-electron chi connectivity index (χ0n) is 8.44. The summed E-state index contributed by atoms with van der Waals surface area (Å²) in [4.78, 5) is 3.98. The van der Waals surface area contributed by atoms with Gasteiger partial charge in [-0.2, -0.15) is 0 Å². The van der Waals surface area contributed by atoms with Crippen molar-refractivity contribution in [2.75, 3.05) is 0 Å². The predicted molar refractivity (Wildman–Crippen MR) is 56.6 cm³/mol. The van der Waals surface area contributed by atoms with Crippen molar-refractivity contribution in [3.8, 4) is 5.75 Å². The van der Waals surface area contributed by atoms with E-state index < -0.39 is 5.72 Å². The Kier molecular flexibility index (Phi) is 3.25. The van der Waals surface area contributed by atoms with Crippen LogP contribution in [-0.2, 0) is 0 Å². The molecule has 0 heterocycles. The molecule has 0 saturated heterocycles. The van der Waals surface area contributed by atoms with E-state index in [-0.39, 0.29) is 5.75 Å². The van der Waals surface area contributed by atoms with Crippen molar-refractivity contribution in [3.05, 3.63) is 29.8 Å². The third kappa shape index (κ3) is 2.85. The second kappa shape index (κ2) is 4.24. The van der Waals surface area contributed by atoms with Gasteiger partial charge in [0.25, 0.3) is 0 Å². The fourth-order valence-corrected chi connectivity index (χ4v) is 0.897. The summed E-state index contributed by atoms with van der Waals surface area (Å²) in [5.41, 5.74) is -0.441. The number of para-hydroxylation sites is 1. The molecule has 1 aromatic carbocycles. The molecule has 0 bridgehead atoms. The van der Waals surface area contributed by atoms with Gasteiger partial charge in [0.1, 0.15) is 5.75 Å². The molecule has 1 rings (SSSR count). The fraction of sp³-hybridized carbons (Fsp3) is 0.364. The Bertz CT molecular complexity index is 332. The first-order chi connectivity index (χ1) is 6.55. The van der Waals surface area contributed by atoms with E-state index >= 15 is 0 Å². The molecule has 2 N–H and O–H groups in total. The van der Waals surface area contributed by atoms with Gasteiger partial charge >= 0.3 is 0 Å². The Hall–Kier alpha value is -1.35. The van der Waals surface area contributed by atoms with Crippen LogP contribution >= 0.6 is 0 Å². The van der Waals surface area contributed by atoms with Crippen LogP contribution < -0.4 is 0 Å². The molecule has 76 valence electrons. The van der Waals surface area contributed by atoms with E-state index in [0.717, 1.165) is 0 Å². The van der Waals surface area contributed by atoms with Crippen LogP contribution in [0.2, 0.25) is 0 Å². The lowest BCUT2D eigenvalue weighted by Gasteiger charge is -2.14. The van der Waals surface area contributed by atoms with E-state index in [1.807, 2.05) is 13.0 Å². The zero-order chi connectivity index (χ0) is 10.6. The van der Waals surface area contributed by atoms with Gasteiger partial charge in [0, 0.05) is 11.8 Å². The van der Waals surface area contributed by atoms with E-state index in [2.05, 4.69) is 4.99 Å². The third-order valence-electron chi connectivity index (χ3n) is 2.09. The van der Waals surface area contributed by atoms with E-state index in [1.54, 1.807) is 25.1 Å². The van der Waals surface area contributed by atoms with Crippen molar-refractivity contribution < 1.29 is 10.2 Å². The molecule has 3 nitrogen and oxygen atoms in total. The minimum atomic E-state index is -1.05. The SMILES string of the molecule is CCC(C)(O)N=Cc1ccccc1O. The van der Waals surface area contributed by atoms with Crippen molar-refractivity contribution in [1.82, 2.24) is 0 Å². The van der Waals surface area contributed by atoms with E-state index in [1.165, 1.54) is 6.21 Å². The highest BCUT2D eigenvalue weighted by atomic mass is 16.3. The average Bonchev–Trinajstić information content (AvgIpc) is 2.17. The summed E-state index contributed by atoms with van der Waals surface area (Å²) in [5.74, 6) is 0.170. The molecule has 3 heteroatoms. The summed E-state index contributed by atoms with van der Waals surface area (Å²) < 4.78 is 0. The molecule has 0 spiro atoms. The first kappa shape index (κ1) is 10.7. The molecule has 0 radical (unpaired) electrons. The highest BCUT2D eigenvalue weighted by Crippen LogP contribution is 2.15. The number of hydrogen-bond donors (Lipinski definition) is 2. The second-order valence-corrected chi connectivity index (χ2v) is 3.39. The summed E-state index contributed by atoms with van der Waals surface area (Å²) in [6.45, 7) is 3.48. The van der Waals surface area contributed by atoms with Crippen molar-refractivity contribution in [2.24, 2.45) is 4.99 Å². The lowest BCUT2D eigenvalue weighted by atomic mass is 10.2. The van der Waals surface area contributed by atoms with Gasteiger partial charge in [-0.3, -0.25) is 4.99 Å². The number of rotatable bonds is 3. The highest BCUT2D eigenvalue weighted by molar-refractivity contribution is 5.83. The van der Waals surface area contributed by atoms with E-state index in [0.29, 0.717) is 12.0 Å². The monoisotopic (exact) mass is 193 g/mol. The Labute approximate surface area is 83.7 Å². The zero-order valence-corrected chi connectivity index (χ0v) is 8.44. The normalized spacial score (nSPS) is 15.6. The van der Waals surface area contributed by atoms with Crippen LogP contribution in [0.4, 0.5) is 0 Å². The first-order valence-electron chi connectivity index (χ1n) is 4.61. The van der Waals surface area contributed by atoms with Gasteiger partial charge < -0.3 is 10.2 Å². The average molecular weight is 193 g/mol. The summed E-state index contributed by atoms with van der Waals surface area (Å²) in [7, 11) is 0. The van der Waals surface area contributed by atoms with Crippen LogP contribution in [0.5, 0.6) is 5.75 Å². The number of aromatic hydroxyl groups is 1. The van der Waals surface area contributed by atoms with Crippen LogP contribution in [0.3, 0.4) is 0 Å². The molecule has 1 atom stereocenters. The first-order valence-corrected chi connectivity index (χ1v) is 4.61. The topological polar surface area (TPSA) is 52.8 Å². The molecule has 0 aliphatic rings. The van der Waals surface area contributed by atoms with Crippen LogP contribution in [0, 0.1) is 0 Å². The maximum absolute atomic E-state index is 9.60. The van der Waals surface area contributed by atoms with Gasteiger partial charge in [0.05, 0.1) is 0 Å². The molecule has 0 aliphatic heterocycles. The summed E-state index contributed by atoms with van der Waals surface area (Å²) in [5, 5.41) is 19.0. The number of phenols is 1. The van der Waals surface area contributed by atoms with Gasteiger partial charge in [0.2, 0.25) is 0 Å². The molecule has 14 heavy (non-hydrogen) atoms. The largest absolute Gasteiger partial charge is 0.507 e. The van der Waals surface area contributed by atoms with Crippen LogP contribution in [0.25, 0.3) is 0 Å². The standard InChI is InChI=1S/C11H15NO2/c1-3-11(2,14)12-8-9-6-4-5-7-10(9)13/h4-8,13-14H,3H2,1-2H3. The van der Waals surface area contributed by atoms with Crippen LogP contribution in [0.1, 0.15) is 25.8 Å². The van der Waals surface area contributed by atoms with Crippen molar-refractivity contribution in [1.29, 1.82) is 0 Å². The number of hydrogen-bond acceptors (Lipinski definition) is 3. The third-order valence-corrected chi connectivity index (χ3v) is 2.09. The molecule has 0 fully saturated rings. The Morgan fingerprint density at radius 1 is 1.43 bits per heavy atom. The van der Waals surface area contributed by atoms with E-state index in [9.17, 15) is 10.2 Å². The van der Waals surface area contributed by atoms with E-state index in [4.69, 9.17) is 0 Å². The quantitative estimate of drug-likeness (QED) is 0.721. The molecule has 0 amide bonds.